The van der Waals surface area contributed by atoms with Gasteiger partial charge < -0.3 is 14.9 Å². The summed E-state index contributed by atoms with van der Waals surface area (Å²) in [6, 6.07) is 6.20. The first kappa shape index (κ1) is 18.2. The zero-order chi connectivity index (χ0) is 19.0. The molecule has 1 aromatic rings. The molecule has 1 atom stereocenters. The fourth-order valence-corrected chi connectivity index (χ4v) is 5.11. The molecule has 6 nitrogen and oxygen atoms in total. The van der Waals surface area contributed by atoms with Gasteiger partial charge in [0.05, 0.1) is 22.8 Å². The van der Waals surface area contributed by atoms with Crippen molar-refractivity contribution in [3.63, 3.8) is 0 Å². The lowest BCUT2D eigenvalue weighted by Crippen LogP contribution is -2.50. The number of anilines is 1. The number of carbonyl (C=O) groups excluding carboxylic acids is 1. The molecule has 0 radical (unpaired) electrons. The Kier molecular flexibility index (Phi) is 4.81. The van der Waals surface area contributed by atoms with Crippen molar-refractivity contribution >= 4 is 11.7 Å². The molecule has 1 spiro atoms. The third-order valence-electron chi connectivity index (χ3n) is 6.75. The van der Waals surface area contributed by atoms with Gasteiger partial charge in [-0.25, -0.2) is 4.98 Å². The van der Waals surface area contributed by atoms with E-state index in [1.807, 2.05) is 19.1 Å². The summed E-state index contributed by atoms with van der Waals surface area (Å²) in [5.74, 6) is 1.18. The van der Waals surface area contributed by atoms with Gasteiger partial charge in [0.1, 0.15) is 11.9 Å². The largest absolute Gasteiger partial charge is 0.393 e. The Morgan fingerprint density at radius 2 is 2.00 bits per heavy atom. The summed E-state index contributed by atoms with van der Waals surface area (Å²) in [7, 11) is 0. The summed E-state index contributed by atoms with van der Waals surface area (Å²) in [6.45, 7) is 4.33. The lowest BCUT2D eigenvalue weighted by atomic mass is 9.78. The van der Waals surface area contributed by atoms with Gasteiger partial charge in [0.15, 0.2) is 0 Å². The lowest BCUT2D eigenvalue weighted by molar-refractivity contribution is -0.139. The number of aryl methyl sites for hydroxylation is 1. The summed E-state index contributed by atoms with van der Waals surface area (Å²) in [4.78, 5) is 22.3. The van der Waals surface area contributed by atoms with Crippen molar-refractivity contribution in [3.05, 3.63) is 23.4 Å². The Bertz CT molecular complexity index is 766. The Balaban J connectivity index is 1.50. The van der Waals surface area contributed by atoms with E-state index in [0.717, 1.165) is 76.1 Å². The third kappa shape index (κ3) is 3.29. The van der Waals surface area contributed by atoms with Crippen LogP contribution in [0.5, 0.6) is 0 Å². The van der Waals surface area contributed by atoms with E-state index in [9.17, 15) is 9.90 Å². The van der Waals surface area contributed by atoms with Crippen LogP contribution in [-0.4, -0.2) is 52.7 Å². The molecular weight excluding hydrogens is 340 g/mol. The molecule has 4 rings (SSSR count). The van der Waals surface area contributed by atoms with Crippen molar-refractivity contribution in [1.82, 2.24) is 9.88 Å². The highest BCUT2D eigenvalue weighted by Crippen LogP contribution is 2.43. The molecule has 3 fully saturated rings. The number of piperidine rings is 1. The van der Waals surface area contributed by atoms with Gasteiger partial charge in [-0.05, 0) is 64.0 Å². The minimum atomic E-state index is -0.294. The fraction of sp³-hybridized carbons (Fsp3) is 0.667. The third-order valence-corrected chi connectivity index (χ3v) is 6.75. The van der Waals surface area contributed by atoms with E-state index in [1.165, 1.54) is 0 Å². The van der Waals surface area contributed by atoms with Gasteiger partial charge in [0.2, 0.25) is 5.91 Å². The first-order valence-electron chi connectivity index (χ1n) is 10.1. The Morgan fingerprint density at radius 3 is 2.70 bits per heavy atom. The van der Waals surface area contributed by atoms with E-state index in [1.54, 1.807) is 0 Å². The number of aliphatic hydroxyl groups is 1. The molecule has 6 heteroatoms. The zero-order valence-corrected chi connectivity index (χ0v) is 16.0. The highest BCUT2D eigenvalue weighted by Gasteiger charge is 2.50. The summed E-state index contributed by atoms with van der Waals surface area (Å²) >= 11 is 0. The molecule has 1 amide bonds. The van der Waals surface area contributed by atoms with Crippen molar-refractivity contribution in [1.29, 1.82) is 5.26 Å². The van der Waals surface area contributed by atoms with Crippen molar-refractivity contribution < 1.29 is 9.90 Å². The molecule has 1 N–H and O–H groups in total. The summed E-state index contributed by atoms with van der Waals surface area (Å²) in [6.07, 6.45) is 6.11. The Labute approximate surface area is 160 Å². The van der Waals surface area contributed by atoms with Gasteiger partial charge in [-0.2, -0.15) is 5.26 Å². The van der Waals surface area contributed by atoms with E-state index in [0.29, 0.717) is 17.5 Å². The summed E-state index contributed by atoms with van der Waals surface area (Å²) in [5.41, 5.74) is 1.06. The monoisotopic (exact) mass is 368 g/mol. The molecule has 2 aliphatic heterocycles. The molecule has 3 aliphatic rings. The summed E-state index contributed by atoms with van der Waals surface area (Å²) in [5, 5.41) is 18.9. The molecule has 3 heterocycles. The molecule has 27 heavy (non-hydrogen) atoms. The molecule has 0 unspecified atom stereocenters. The van der Waals surface area contributed by atoms with E-state index in [-0.39, 0.29) is 11.5 Å². The predicted octanol–water partition coefficient (Wildman–Crippen LogP) is 2.38. The van der Waals surface area contributed by atoms with Gasteiger partial charge in [-0.3, -0.25) is 4.79 Å². The first-order valence-corrected chi connectivity index (χ1v) is 10.1. The maximum absolute atomic E-state index is 13.4. The molecule has 2 saturated heterocycles. The smallest absolute Gasteiger partial charge is 0.230 e. The maximum atomic E-state index is 13.4. The second kappa shape index (κ2) is 7.12. The van der Waals surface area contributed by atoms with Crippen LogP contribution >= 0.6 is 0 Å². The molecular formula is C21H28N4O2. The van der Waals surface area contributed by atoms with E-state index < -0.39 is 0 Å². The van der Waals surface area contributed by atoms with Crippen LogP contribution in [0, 0.1) is 23.7 Å². The standard InChI is InChI=1S/C21H28N4O2/c1-15-16(13-22)3-8-19(23-15)24-11-2-9-21(14-24)10-12-25(20(21)27)17-4-6-18(26)7-5-17/h3,8,17-18,26H,2,4-7,9-12,14H2,1H3/t17?,18?,21-/m1/s1. The van der Waals surface area contributed by atoms with Crippen LogP contribution in [0.25, 0.3) is 0 Å². The number of pyridine rings is 1. The van der Waals surface area contributed by atoms with Gasteiger partial charge in [0, 0.05) is 25.7 Å². The van der Waals surface area contributed by atoms with Gasteiger partial charge in [-0.15, -0.1) is 0 Å². The molecule has 144 valence electrons. The lowest BCUT2D eigenvalue weighted by Gasteiger charge is -2.41. The Morgan fingerprint density at radius 1 is 1.22 bits per heavy atom. The van der Waals surface area contributed by atoms with E-state index in [4.69, 9.17) is 5.26 Å². The predicted molar refractivity (Wildman–Crippen MR) is 102 cm³/mol. The second-order valence-corrected chi connectivity index (χ2v) is 8.43. The van der Waals surface area contributed by atoms with Crippen LogP contribution in [0.3, 0.4) is 0 Å². The number of nitrogens with zero attached hydrogens (tertiary/aromatic N) is 4. The fourth-order valence-electron chi connectivity index (χ4n) is 5.11. The molecule has 1 aliphatic carbocycles. The quantitative estimate of drug-likeness (QED) is 0.867. The number of nitriles is 1. The van der Waals surface area contributed by atoms with Crippen LogP contribution in [0.4, 0.5) is 5.82 Å². The van der Waals surface area contributed by atoms with Crippen molar-refractivity contribution in [2.75, 3.05) is 24.5 Å². The van der Waals surface area contributed by atoms with E-state index in [2.05, 4.69) is 20.9 Å². The topological polar surface area (TPSA) is 80.5 Å². The van der Waals surface area contributed by atoms with Gasteiger partial charge in [-0.1, -0.05) is 0 Å². The number of rotatable bonds is 2. The average molecular weight is 368 g/mol. The second-order valence-electron chi connectivity index (χ2n) is 8.43. The minimum absolute atomic E-state index is 0.191. The number of aliphatic hydroxyl groups excluding tert-OH is 1. The van der Waals surface area contributed by atoms with Crippen molar-refractivity contribution in [2.45, 2.75) is 64.0 Å². The summed E-state index contributed by atoms with van der Waals surface area (Å²) < 4.78 is 0. The first-order chi connectivity index (χ1) is 13.0. The van der Waals surface area contributed by atoms with Crippen LogP contribution in [-0.2, 0) is 4.79 Å². The molecule has 0 aromatic carbocycles. The van der Waals surface area contributed by atoms with Crippen molar-refractivity contribution in [3.8, 4) is 6.07 Å². The van der Waals surface area contributed by atoms with Gasteiger partial charge in [0.25, 0.3) is 0 Å². The highest BCUT2D eigenvalue weighted by molar-refractivity contribution is 5.86. The number of aromatic nitrogens is 1. The van der Waals surface area contributed by atoms with Crippen LogP contribution in [0.1, 0.15) is 56.2 Å². The molecule has 1 aromatic heterocycles. The molecule has 0 bridgehead atoms. The van der Waals surface area contributed by atoms with Gasteiger partial charge >= 0.3 is 0 Å². The maximum Gasteiger partial charge on any atom is 0.230 e. The van der Waals surface area contributed by atoms with Crippen LogP contribution in [0.2, 0.25) is 0 Å². The highest BCUT2D eigenvalue weighted by atomic mass is 16.3. The number of amides is 1. The number of carbonyl (C=O) groups is 1. The zero-order valence-electron chi connectivity index (χ0n) is 16.0. The Hall–Kier alpha value is -2.13. The molecule has 1 saturated carbocycles. The van der Waals surface area contributed by atoms with Crippen LogP contribution < -0.4 is 4.90 Å². The van der Waals surface area contributed by atoms with Crippen LogP contribution in [0.15, 0.2) is 12.1 Å². The minimum Gasteiger partial charge on any atom is -0.393 e. The SMILES string of the molecule is Cc1nc(N2CCC[C@@]3(CCN(C4CCC(O)CC4)C3=O)C2)ccc1C#N. The number of hydrogen-bond acceptors (Lipinski definition) is 5. The van der Waals surface area contributed by atoms with Crippen molar-refractivity contribution in [2.24, 2.45) is 5.41 Å². The normalized spacial score (nSPS) is 31.4. The average Bonchev–Trinajstić information content (AvgIpc) is 2.98. The van der Waals surface area contributed by atoms with E-state index >= 15 is 0 Å². The number of hydrogen-bond donors (Lipinski definition) is 1. The number of likely N-dealkylation sites (tertiary alicyclic amines) is 1.